The lowest BCUT2D eigenvalue weighted by Crippen LogP contribution is -2.37. The standard InChI is InChI=1S/C19H20ClN3OS2.ClH/c1-22(2)10-11-23(18(24)14-6-4-5-7-16(14)25-3)19-21-15-9-8-13(20)12-17(15)26-19;/h4-9,12H,10-11H2,1-3H3;1H. The Morgan fingerprint density at radius 3 is 2.63 bits per heavy atom. The molecular weight excluding hydrogens is 421 g/mol. The Hall–Kier alpha value is -1.31. The van der Waals surface area contributed by atoms with E-state index >= 15 is 0 Å². The van der Waals surface area contributed by atoms with Crippen molar-refractivity contribution in [2.24, 2.45) is 0 Å². The van der Waals surface area contributed by atoms with Crippen molar-refractivity contribution in [2.45, 2.75) is 4.90 Å². The predicted molar refractivity (Wildman–Crippen MR) is 120 cm³/mol. The van der Waals surface area contributed by atoms with E-state index in [9.17, 15) is 4.79 Å². The molecule has 0 saturated heterocycles. The van der Waals surface area contributed by atoms with Gasteiger partial charge in [-0.15, -0.1) is 24.2 Å². The van der Waals surface area contributed by atoms with Crippen LogP contribution >= 0.6 is 47.1 Å². The zero-order valence-corrected chi connectivity index (χ0v) is 18.5. The molecule has 0 fully saturated rings. The fraction of sp³-hybridized carbons (Fsp3) is 0.263. The quantitative estimate of drug-likeness (QED) is 0.486. The van der Waals surface area contributed by atoms with Gasteiger partial charge in [-0.1, -0.05) is 35.1 Å². The normalized spacial score (nSPS) is 10.9. The van der Waals surface area contributed by atoms with Gasteiger partial charge in [0.25, 0.3) is 5.91 Å². The van der Waals surface area contributed by atoms with Gasteiger partial charge in [0.1, 0.15) is 0 Å². The summed E-state index contributed by atoms with van der Waals surface area (Å²) in [5, 5.41) is 1.37. The highest BCUT2D eigenvalue weighted by Crippen LogP contribution is 2.32. The van der Waals surface area contributed by atoms with Gasteiger partial charge in [-0.25, -0.2) is 4.98 Å². The van der Waals surface area contributed by atoms with Crippen LogP contribution in [0.15, 0.2) is 47.4 Å². The van der Waals surface area contributed by atoms with E-state index in [1.165, 1.54) is 11.3 Å². The van der Waals surface area contributed by atoms with Gasteiger partial charge < -0.3 is 4.90 Å². The van der Waals surface area contributed by atoms with E-state index in [1.54, 1.807) is 16.7 Å². The molecule has 0 spiro atoms. The molecule has 0 unspecified atom stereocenters. The third-order valence-electron chi connectivity index (χ3n) is 3.92. The number of carbonyl (C=O) groups excluding carboxylic acids is 1. The number of thioether (sulfide) groups is 1. The molecule has 2 aromatic carbocycles. The first-order valence-electron chi connectivity index (χ1n) is 8.15. The van der Waals surface area contributed by atoms with Gasteiger partial charge in [-0.05, 0) is 50.7 Å². The molecule has 0 bridgehead atoms. The molecule has 0 aliphatic heterocycles. The Labute approximate surface area is 178 Å². The lowest BCUT2D eigenvalue weighted by Gasteiger charge is -2.22. The number of halogens is 2. The highest BCUT2D eigenvalue weighted by atomic mass is 35.5. The number of nitrogens with zero attached hydrogens (tertiary/aromatic N) is 3. The van der Waals surface area contributed by atoms with Gasteiger partial charge in [-0.3, -0.25) is 9.69 Å². The van der Waals surface area contributed by atoms with Crippen LogP contribution in [0.1, 0.15) is 10.4 Å². The zero-order chi connectivity index (χ0) is 18.7. The van der Waals surface area contributed by atoms with Crippen molar-refractivity contribution in [2.75, 3.05) is 38.3 Å². The molecule has 1 aromatic heterocycles. The minimum atomic E-state index is -0.0260. The van der Waals surface area contributed by atoms with Crippen LogP contribution in [-0.4, -0.2) is 49.2 Å². The van der Waals surface area contributed by atoms with Gasteiger partial charge in [0.05, 0.1) is 15.8 Å². The monoisotopic (exact) mass is 441 g/mol. The summed E-state index contributed by atoms with van der Waals surface area (Å²) >= 11 is 9.16. The summed E-state index contributed by atoms with van der Waals surface area (Å²) in [7, 11) is 3.99. The van der Waals surface area contributed by atoms with Crippen LogP contribution in [0.3, 0.4) is 0 Å². The zero-order valence-electron chi connectivity index (χ0n) is 15.3. The molecule has 0 saturated carbocycles. The minimum Gasteiger partial charge on any atom is -0.308 e. The molecule has 1 heterocycles. The minimum absolute atomic E-state index is 0. The van der Waals surface area contributed by atoms with Crippen LogP contribution in [-0.2, 0) is 0 Å². The third kappa shape index (κ3) is 5.15. The number of hydrogen-bond donors (Lipinski definition) is 0. The summed E-state index contributed by atoms with van der Waals surface area (Å²) in [5.74, 6) is -0.0260. The molecule has 4 nitrogen and oxygen atoms in total. The number of likely N-dealkylation sites (N-methyl/N-ethyl adjacent to an activating group) is 1. The average Bonchev–Trinajstić information content (AvgIpc) is 3.04. The van der Waals surface area contributed by atoms with Crippen LogP contribution in [0.2, 0.25) is 5.02 Å². The topological polar surface area (TPSA) is 36.4 Å². The molecule has 1 amide bonds. The van der Waals surface area contributed by atoms with Crippen molar-refractivity contribution < 1.29 is 4.79 Å². The fourth-order valence-electron chi connectivity index (χ4n) is 2.55. The highest BCUT2D eigenvalue weighted by molar-refractivity contribution is 7.98. The number of thiazole rings is 1. The van der Waals surface area contributed by atoms with E-state index in [1.807, 2.05) is 62.8 Å². The van der Waals surface area contributed by atoms with Gasteiger partial charge in [0.2, 0.25) is 0 Å². The number of aromatic nitrogens is 1. The molecule has 8 heteroatoms. The van der Waals surface area contributed by atoms with E-state index in [0.717, 1.165) is 21.7 Å². The molecule has 144 valence electrons. The van der Waals surface area contributed by atoms with Gasteiger partial charge >= 0.3 is 0 Å². The predicted octanol–water partition coefficient (Wildman–Crippen LogP) is 5.30. The summed E-state index contributed by atoms with van der Waals surface area (Å²) in [5.41, 5.74) is 1.56. The van der Waals surface area contributed by atoms with Crippen molar-refractivity contribution in [1.29, 1.82) is 0 Å². The molecule has 27 heavy (non-hydrogen) atoms. The Morgan fingerprint density at radius 1 is 1.19 bits per heavy atom. The van der Waals surface area contributed by atoms with Crippen LogP contribution < -0.4 is 4.90 Å². The second kappa shape index (κ2) is 9.75. The maximum atomic E-state index is 13.3. The molecule has 0 atom stereocenters. The van der Waals surface area contributed by atoms with Crippen LogP contribution in [0.4, 0.5) is 5.13 Å². The molecular formula is C19H21Cl2N3OS2. The average molecular weight is 442 g/mol. The number of anilines is 1. The Balaban J connectivity index is 0.00000261. The Kier molecular flexibility index (Phi) is 7.94. The fourth-order valence-corrected chi connectivity index (χ4v) is 4.41. The second-order valence-corrected chi connectivity index (χ2v) is 8.36. The first-order chi connectivity index (χ1) is 12.5. The van der Waals surface area contributed by atoms with E-state index in [0.29, 0.717) is 22.3 Å². The second-order valence-electron chi connectivity index (χ2n) is 6.07. The maximum absolute atomic E-state index is 13.3. The lowest BCUT2D eigenvalue weighted by atomic mass is 10.2. The smallest absolute Gasteiger partial charge is 0.261 e. The third-order valence-corrected chi connectivity index (χ3v) is 6.00. The van der Waals surface area contributed by atoms with Gasteiger partial charge in [0, 0.05) is 23.0 Å². The van der Waals surface area contributed by atoms with E-state index in [2.05, 4.69) is 9.88 Å². The summed E-state index contributed by atoms with van der Waals surface area (Å²) in [4.78, 5) is 22.8. The molecule has 0 radical (unpaired) electrons. The molecule has 0 aliphatic rings. The Bertz CT molecular complexity index is 930. The number of hydrogen-bond acceptors (Lipinski definition) is 5. The summed E-state index contributed by atoms with van der Waals surface area (Å²) in [6.45, 7) is 1.33. The van der Waals surface area contributed by atoms with Crippen molar-refractivity contribution in [1.82, 2.24) is 9.88 Å². The van der Waals surface area contributed by atoms with Crippen molar-refractivity contribution in [3.05, 3.63) is 53.1 Å². The lowest BCUT2D eigenvalue weighted by molar-refractivity contribution is 0.0982. The number of amides is 1. The summed E-state index contributed by atoms with van der Waals surface area (Å²) in [6, 6.07) is 13.3. The van der Waals surface area contributed by atoms with Gasteiger partial charge in [0.15, 0.2) is 5.13 Å². The summed E-state index contributed by atoms with van der Waals surface area (Å²) in [6.07, 6.45) is 1.98. The van der Waals surface area contributed by atoms with Crippen molar-refractivity contribution in [3.63, 3.8) is 0 Å². The number of carbonyl (C=O) groups is 1. The SMILES string of the molecule is CSc1ccccc1C(=O)N(CCN(C)C)c1nc2ccc(Cl)cc2s1.Cl. The first-order valence-corrected chi connectivity index (χ1v) is 10.6. The van der Waals surface area contributed by atoms with E-state index < -0.39 is 0 Å². The number of fused-ring (bicyclic) bond motifs is 1. The molecule has 0 aliphatic carbocycles. The van der Waals surface area contributed by atoms with E-state index in [-0.39, 0.29) is 18.3 Å². The largest absolute Gasteiger partial charge is 0.308 e. The summed E-state index contributed by atoms with van der Waals surface area (Å²) < 4.78 is 0.980. The van der Waals surface area contributed by atoms with Crippen molar-refractivity contribution >= 4 is 68.4 Å². The maximum Gasteiger partial charge on any atom is 0.261 e. The molecule has 3 rings (SSSR count). The van der Waals surface area contributed by atoms with Crippen molar-refractivity contribution in [3.8, 4) is 0 Å². The van der Waals surface area contributed by atoms with Gasteiger partial charge in [-0.2, -0.15) is 0 Å². The number of benzene rings is 2. The van der Waals surface area contributed by atoms with E-state index in [4.69, 9.17) is 11.6 Å². The highest BCUT2D eigenvalue weighted by Gasteiger charge is 2.23. The Morgan fingerprint density at radius 2 is 1.93 bits per heavy atom. The van der Waals surface area contributed by atoms with Crippen LogP contribution in [0.25, 0.3) is 10.2 Å². The van der Waals surface area contributed by atoms with Crippen LogP contribution in [0, 0.1) is 0 Å². The first kappa shape index (κ1) is 22.0. The number of rotatable bonds is 6. The molecule has 3 aromatic rings. The molecule has 0 N–H and O–H groups in total. The van der Waals surface area contributed by atoms with Crippen LogP contribution in [0.5, 0.6) is 0 Å².